The van der Waals surface area contributed by atoms with E-state index in [9.17, 15) is 19.2 Å². The molecular formula is C26H37N3O5. The van der Waals surface area contributed by atoms with Crippen molar-refractivity contribution in [2.24, 2.45) is 0 Å². The Morgan fingerprint density at radius 2 is 1.71 bits per heavy atom. The Bertz CT molecular complexity index is 900. The third-order valence-electron chi connectivity index (χ3n) is 6.73. The lowest BCUT2D eigenvalue weighted by molar-refractivity contribution is -0.164. The number of anilines is 1. The van der Waals surface area contributed by atoms with Crippen molar-refractivity contribution < 1.29 is 23.9 Å². The molecule has 186 valence electrons. The van der Waals surface area contributed by atoms with E-state index in [1.165, 1.54) is 43.4 Å². The molecule has 1 fully saturated rings. The number of fused-ring (bicyclic) bond motifs is 1. The van der Waals surface area contributed by atoms with Crippen molar-refractivity contribution in [2.45, 2.75) is 96.6 Å². The Kier molecular flexibility index (Phi) is 9.48. The van der Waals surface area contributed by atoms with Crippen LogP contribution in [0, 0.1) is 0 Å². The van der Waals surface area contributed by atoms with E-state index in [0.29, 0.717) is 16.8 Å². The van der Waals surface area contributed by atoms with E-state index >= 15 is 0 Å². The Labute approximate surface area is 201 Å². The molecule has 0 aromatic heterocycles. The molecule has 1 aromatic carbocycles. The molecule has 0 radical (unpaired) electrons. The number of amides is 3. The predicted molar refractivity (Wildman–Crippen MR) is 128 cm³/mol. The second-order valence-electron chi connectivity index (χ2n) is 9.24. The van der Waals surface area contributed by atoms with Gasteiger partial charge in [0, 0.05) is 36.2 Å². The maximum absolute atomic E-state index is 13.0. The standard InChI is InChI=1S/C26H37N3O5/c1-2-3-4-5-6-7-8-9-10-14-24(31)34-18-29-23(30)16-15-22(26(29)33)28-17-20-19(25(28)32)12-11-13-21(20)27/h11-13,22H,2-10,14-18,27H2,1H3. The van der Waals surface area contributed by atoms with Gasteiger partial charge in [-0.15, -0.1) is 0 Å². The zero-order valence-electron chi connectivity index (χ0n) is 20.2. The van der Waals surface area contributed by atoms with Gasteiger partial charge in [-0.25, -0.2) is 4.90 Å². The zero-order chi connectivity index (χ0) is 24.5. The van der Waals surface area contributed by atoms with Crippen LogP contribution >= 0.6 is 0 Å². The number of nitrogens with zero attached hydrogens (tertiary/aromatic N) is 2. The molecule has 2 aliphatic heterocycles. The summed E-state index contributed by atoms with van der Waals surface area (Å²) in [6, 6.07) is 4.36. The van der Waals surface area contributed by atoms with Gasteiger partial charge in [0.25, 0.3) is 11.8 Å². The molecule has 2 heterocycles. The monoisotopic (exact) mass is 471 g/mol. The Balaban J connectivity index is 1.41. The molecule has 0 aliphatic carbocycles. The van der Waals surface area contributed by atoms with Crippen molar-refractivity contribution in [3.63, 3.8) is 0 Å². The molecular weight excluding hydrogens is 434 g/mol. The van der Waals surface area contributed by atoms with E-state index < -0.39 is 24.6 Å². The third-order valence-corrected chi connectivity index (χ3v) is 6.73. The number of imide groups is 1. The molecule has 3 rings (SSSR count). The summed E-state index contributed by atoms with van der Waals surface area (Å²) in [5.41, 5.74) is 7.70. The van der Waals surface area contributed by atoms with Gasteiger partial charge in [0.1, 0.15) is 6.04 Å². The molecule has 8 nitrogen and oxygen atoms in total. The molecule has 2 N–H and O–H groups in total. The predicted octanol–water partition coefficient (Wildman–Crippen LogP) is 4.16. The average molecular weight is 472 g/mol. The van der Waals surface area contributed by atoms with Crippen LogP contribution in [-0.4, -0.2) is 46.3 Å². The summed E-state index contributed by atoms with van der Waals surface area (Å²) in [6.07, 6.45) is 11.0. The van der Waals surface area contributed by atoms with Crippen molar-refractivity contribution in [3.8, 4) is 0 Å². The quantitative estimate of drug-likeness (QED) is 0.200. The van der Waals surface area contributed by atoms with Gasteiger partial charge in [0.05, 0.1) is 0 Å². The second kappa shape index (κ2) is 12.5. The SMILES string of the molecule is CCCCCCCCCCCC(=O)OCN1C(=O)CCC(N2Cc3c(N)cccc3C2=O)C1=O. The topological polar surface area (TPSA) is 110 Å². The number of likely N-dealkylation sites (tertiary alicyclic amines) is 1. The summed E-state index contributed by atoms with van der Waals surface area (Å²) >= 11 is 0. The maximum Gasteiger partial charge on any atom is 0.307 e. The molecule has 0 bridgehead atoms. The summed E-state index contributed by atoms with van der Waals surface area (Å²) in [6.45, 7) is 2.04. The molecule has 1 atom stereocenters. The van der Waals surface area contributed by atoms with Gasteiger partial charge >= 0.3 is 5.97 Å². The van der Waals surface area contributed by atoms with Crippen LogP contribution in [0.15, 0.2) is 18.2 Å². The Morgan fingerprint density at radius 3 is 2.38 bits per heavy atom. The van der Waals surface area contributed by atoms with Gasteiger partial charge in [0.2, 0.25) is 5.91 Å². The van der Waals surface area contributed by atoms with Gasteiger partial charge in [-0.2, -0.15) is 0 Å². The minimum absolute atomic E-state index is 0.113. The minimum Gasteiger partial charge on any atom is -0.444 e. The maximum atomic E-state index is 13.0. The normalized spacial score (nSPS) is 17.9. The van der Waals surface area contributed by atoms with Gasteiger partial charge in [-0.05, 0) is 25.0 Å². The average Bonchev–Trinajstić information content (AvgIpc) is 3.15. The van der Waals surface area contributed by atoms with Gasteiger partial charge < -0.3 is 15.4 Å². The van der Waals surface area contributed by atoms with E-state index in [2.05, 4.69) is 6.92 Å². The van der Waals surface area contributed by atoms with E-state index in [1.54, 1.807) is 18.2 Å². The number of rotatable bonds is 13. The van der Waals surface area contributed by atoms with Gasteiger partial charge in [-0.1, -0.05) is 64.4 Å². The second-order valence-corrected chi connectivity index (χ2v) is 9.24. The molecule has 8 heteroatoms. The van der Waals surface area contributed by atoms with Crippen molar-refractivity contribution in [1.82, 2.24) is 9.80 Å². The first-order valence-corrected chi connectivity index (χ1v) is 12.6. The molecule has 34 heavy (non-hydrogen) atoms. The number of piperidine rings is 1. The fourth-order valence-electron chi connectivity index (χ4n) is 4.67. The first-order chi connectivity index (χ1) is 16.4. The minimum atomic E-state index is -0.770. The molecule has 1 saturated heterocycles. The van der Waals surface area contributed by atoms with Crippen molar-refractivity contribution in [1.29, 1.82) is 0 Å². The van der Waals surface area contributed by atoms with Crippen molar-refractivity contribution in [3.05, 3.63) is 29.3 Å². The molecule has 1 aromatic rings. The third kappa shape index (κ3) is 6.36. The zero-order valence-corrected chi connectivity index (χ0v) is 20.2. The number of hydrogen-bond donors (Lipinski definition) is 1. The first kappa shape index (κ1) is 25.7. The number of nitrogen functional groups attached to an aromatic ring is 1. The lowest BCUT2D eigenvalue weighted by atomic mass is 10.0. The molecule has 3 amide bonds. The highest BCUT2D eigenvalue weighted by Gasteiger charge is 2.43. The summed E-state index contributed by atoms with van der Waals surface area (Å²) in [5.74, 6) is -1.58. The summed E-state index contributed by atoms with van der Waals surface area (Å²) in [4.78, 5) is 52.8. The number of unbranched alkanes of at least 4 members (excludes halogenated alkanes) is 8. The lowest BCUT2D eigenvalue weighted by Crippen LogP contribution is -2.55. The smallest absolute Gasteiger partial charge is 0.307 e. The lowest BCUT2D eigenvalue weighted by Gasteiger charge is -2.35. The van der Waals surface area contributed by atoms with Crippen LogP contribution in [0.25, 0.3) is 0 Å². The van der Waals surface area contributed by atoms with Crippen LogP contribution < -0.4 is 5.73 Å². The van der Waals surface area contributed by atoms with E-state index in [-0.39, 0.29) is 37.6 Å². The van der Waals surface area contributed by atoms with Crippen LogP contribution in [0.2, 0.25) is 0 Å². The highest BCUT2D eigenvalue weighted by Crippen LogP contribution is 2.32. The fraction of sp³-hybridized carbons (Fsp3) is 0.615. The van der Waals surface area contributed by atoms with E-state index in [1.807, 2.05) is 0 Å². The van der Waals surface area contributed by atoms with Gasteiger partial charge in [0.15, 0.2) is 6.73 Å². The number of carbonyl (C=O) groups excluding carboxylic acids is 4. The van der Waals surface area contributed by atoms with Crippen LogP contribution in [0.1, 0.15) is 99.9 Å². The molecule has 0 spiro atoms. The highest BCUT2D eigenvalue weighted by atomic mass is 16.5. The molecule has 0 saturated carbocycles. The number of esters is 1. The summed E-state index contributed by atoms with van der Waals surface area (Å²) < 4.78 is 5.23. The number of hydrogen-bond acceptors (Lipinski definition) is 6. The van der Waals surface area contributed by atoms with Crippen molar-refractivity contribution in [2.75, 3.05) is 12.5 Å². The highest BCUT2D eigenvalue weighted by molar-refractivity contribution is 6.06. The van der Waals surface area contributed by atoms with Crippen LogP contribution in [0.5, 0.6) is 0 Å². The van der Waals surface area contributed by atoms with E-state index in [4.69, 9.17) is 10.5 Å². The van der Waals surface area contributed by atoms with Crippen LogP contribution in [0.3, 0.4) is 0 Å². The number of nitrogens with two attached hydrogens (primary N) is 1. The number of carbonyl (C=O) groups is 4. The van der Waals surface area contributed by atoms with Crippen LogP contribution in [0.4, 0.5) is 5.69 Å². The van der Waals surface area contributed by atoms with Crippen LogP contribution in [-0.2, 0) is 25.7 Å². The summed E-state index contributed by atoms with van der Waals surface area (Å²) in [5, 5.41) is 0. The Hall–Kier alpha value is -2.90. The van der Waals surface area contributed by atoms with Crippen molar-refractivity contribution >= 4 is 29.4 Å². The molecule has 1 unspecified atom stereocenters. The number of benzene rings is 1. The number of ether oxygens (including phenoxy) is 1. The Morgan fingerprint density at radius 1 is 1.03 bits per heavy atom. The molecule has 2 aliphatic rings. The largest absolute Gasteiger partial charge is 0.444 e. The summed E-state index contributed by atoms with van der Waals surface area (Å²) in [7, 11) is 0. The first-order valence-electron chi connectivity index (χ1n) is 12.6. The van der Waals surface area contributed by atoms with E-state index in [0.717, 1.165) is 24.2 Å². The fourth-order valence-corrected chi connectivity index (χ4v) is 4.67. The van der Waals surface area contributed by atoms with Gasteiger partial charge in [-0.3, -0.25) is 19.2 Å².